The zero-order chi connectivity index (χ0) is 10.4. The molecule has 1 saturated heterocycles. The Labute approximate surface area is 87.6 Å². The molecule has 1 rings (SSSR count). The third kappa shape index (κ3) is 3.23. The number of likely N-dealkylation sites (N-methyl/N-ethyl adjacent to an activating group) is 1. The average Bonchev–Trinajstić information content (AvgIpc) is 2.21. The van der Waals surface area contributed by atoms with Crippen LogP contribution in [0.2, 0.25) is 0 Å². The third-order valence-electron chi connectivity index (χ3n) is 3.19. The van der Waals surface area contributed by atoms with Crippen molar-refractivity contribution in [1.82, 2.24) is 4.90 Å². The molecule has 1 aliphatic heterocycles. The Balaban J connectivity index is 2.41. The van der Waals surface area contributed by atoms with E-state index in [1.807, 2.05) is 0 Å². The molecule has 1 heterocycles. The second kappa shape index (κ2) is 6.38. The lowest BCUT2D eigenvalue weighted by molar-refractivity contribution is 0.0338. The highest BCUT2D eigenvalue weighted by Crippen LogP contribution is 2.21. The lowest BCUT2D eigenvalue weighted by Crippen LogP contribution is -2.45. The molecule has 0 saturated carbocycles. The molecule has 0 bridgehead atoms. The van der Waals surface area contributed by atoms with E-state index in [2.05, 4.69) is 18.9 Å². The van der Waals surface area contributed by atoms with Gasteiger partial charge >= 0.3 is 0 Å². The summed E-state index contributed by atoms with van der Waals surface area (Å²) in [4.78, 5) is 2.41. The number of hydrogen-bond donors (Lipinski definition) is 1. The Kier molecular flexibility index (Phi) is 5.45. The summed E-state index contributed by atoms with van der Waals surface area (Å²) in [5.74, 6) is 0.741. The minimum absolute atomic E-state index is 0.554. The fourth-order valence-electron chi connectivity index (χ4n) is 2.35. The minimum atomic E-state index is 0.554. The minimum Gasteiger partial charge on any atom is -0.381 e. The molecule has 0 amide bonds. The van der Waals surface area contributed by atoms with Crippen molar-refractivity contribution in [3.8, 4) is 0 Å². The van der Waals surface area contributed by atoms with E-state index in [1.54, 1.807) is 0 Å². The van der Waals surface area contributed by atoms with Crippen LogP contribution in [-0.2, 0) is 4.74 Å². The van der Waals surface area contributed by atoms with E-state index in [9.17, 15) is 0 Å². The molecular weight excluding hydrogens is 176 g/mol. The summed E-state index contributed by atoms with van der Waals surface area (Å²) in [6, 6.07) is 0.554. The number of nitrogens with zero attached hydrogens (tertiary/aromatic N) is 1. The topological polar surface area (TPSA) is 38.5 Å². The highest BCUT2D eigenvalue weighted by Gasteiger charge is 2.25. The van der Waals surface area contributed by atoms with E-state index in [4.69, 9.17) is 10.5 Å². The molecule has 0 aromatic carbocycles. The summed E-state index contributed by atoms with van der Waals surface area (Å²) >= 11 is 0. The van der Waals surface area contributed by atoms with Crippen molar-refractivity contribution in [3.63, 3.8) is 0 Å². The quantitative estimate of drug-likeness (QED) is 0.722. The molecule has 1 aliphatic rings. The summed E-state index contributed by atoms with van der Waals surface area (Å²) in [5.41, 5.74) is 5.85. The summed E-state index contributed by atoms with van der Waals surface area (Å²) in [7, 11) is 2.19. The fraction of sp³-hybridized carbons (Fsp3) is 1.00. The Morgan fingerprint density at radius 2 is 2.07 bits per heavy atom. The van der Waals surface area contributed by atoms with Gasteiger partial charge < -0.3 is 15.4 Å². The zero-order valence-corrected chi connectivity index (χ0v) is 9.54. The van der Waals surface area contributed by atoms with Gasteiger partial charge in [0.1, 0.15) is 0 Å². The smallest absolute Gasteiger partial charge is 0.0469 e. The number of rotatable bonds is 5. The molecule has 0 aromatic rings. The van der Waals surface area contributed by atoms with Gasteiger partial charge in [0.25, 0.3) is 0 Å². The summed E-state index contributed by atoms with van der Waals surface area (Å²) in [6.07, 6.45) is 3.56. The predicted octanol–water partition coefficient (Wildman–Crippen LogP) is 1.08. The second-order valence-corrected chi connectivity index (χ2v) is 4.23. The summed E-state index contributed by atoms with van der Waals surface area (Å²) < 4.78 is 5.37. The molecule has 3 heteroatoms. The maximum atomic E-state index is 5.85. The highest BCUT2D eigenvalue weighted by molar-refractivity contribution is 4.80. The second-order valence-electron chi connectivity index (χ2n) is 4.23. The molecule has 0 aromatic heterocycles. The first-order valence-electron chi connectivity index (χ1n) is 5.77. The Hall–Kier alpha value is -0.120. The summed E-state index contributed by atoms with van der Waals surface area (Å²) in [6.45, 7) is 5.98. The number of nitrogens with two attached hydrogens (primary N) is 1. The van der Waals surface area contributed by atoms with E-state index in [0.29, 0.717) is 6.04 Å². The van der Waals surface area contributed by atoms with Crippen LogP contribution in [0, 0.1) is 5.92 Å². The highest BCUT2D eigenvalue weighted by atomic mass is 16.5. The van der Waals surface area contributed by atoms with Gasteiger partial charge in [-0.3, -0.25) is 0 Å². The normalized spacial score (nSPS) is 21.4. The maximum absolute atomic E-state index is 5.85. The van der Waals surface area contributed by atoms with Crippen molar-refractivity contribution < 1.29 is 4.74 Å². The van der Waals surface area contributed by atoms with E-state index < -0.39 is 0 Å². The van der Waals surface area contributed by atoms with Crippen molar-refractivity contribution in [2.45, 2.75) is 32.2 Å². The molecule has 84 valence electrons. The monoisotopic (exact) mass is 200 g/mol. The zero-order valence-electron chi connectivity index (χ0n) is 9.54. The lowest BCUT2D eigenvalue weighted by atomic mass is 9.91. The van der Waals surface area contributed by atoms with Gasteiger partial charge in [0.2, 0.25) is 0 Å². The van der Waals surface area contributed by atoms with Crippen molar-refractivity contribution in [2.24, 2.45) is 11.7 Å². The molecule has 14 heavy (non-hydrogen) atoms. The van der Waals surface area contributed by atoms with Gasteiger partial charge in [-0.05, 0) is 38.8 Å². The number of hydrogen-bond acceptors (Lipinski definition) is 3. The van der Waals surface area contributed by atoms with Gasteiger partial charge in [0, 0.05) is 25.8 Å². The lowest BCUT2D eigenvalue weighted by Gasteiger charge is -2.35. The van der Waals surface area contributed by atoms with E-state index >= 15 is 0 Å². The first-order valence-corrected chi connectivity index (χ1v) is 5.77. The molecular formula is C11H24N2O. The Morgan fingerprint density at radius 3 is 2.57 bits per heavy atom. The third-order valence-corrected chi connectivity index (χ3v) is 3.19. The first-order chi connectivity index (χ1) is 6.79. The molecule has 1 unspecified atom stereocenters. The molecule has 3 nitrogen and oxygen atoms in total. The maximum Gasteiger partial charge on any atom is 0.0469 e. The van der Waals surface area contributed by atoms with Crippen LogP contribution in [0.15, 0.2) is 0 Å². The van der Waals surface area contributed by atoms with E-state index in [1.165, 1.54) is 19.3 Å². The van der Waals surface area contributed by atoms with Gasteiger partial charge in [-0.1, -0.05) is 6.92 Å². The fourth-order valence-corrected chi connectivity index (χ4v) is 2.35. The standard InChI is InChI=1S/C11H24N2O/c1-3-6-13(2)11(9-12)10-4-7-14-8-5-10/h10-11H,3-9,12H2,1-2H3. The van der Waals surface area contributed by atoms with E-state index in [-0.39, 0.29) is 0 Å². The predicted molar refractivity (Wildman–Crippen MR) is 59.3 cm³/mol. The Morgan fingerprint density at radius 1 is 1.43 bits per heavy atom. The van der Waals surface area contributed by atoms with Crippen LogP contribution in [0.4, 0.5) is 0 Å². The molecule has 1 fully saturated rings. The summed E-state index contributed by atoms with van der Waals surface area (Å²) in [5, 5.41) is 0. The van der Waals surface area contributed by atoms with Crippen molar-refractivity contribution in [2.75, 3.05) is 33.4 Å². The molecule has 0 radical (unpaired) electrons. The van der Waals surface area contributed by atoms with Gasteiger partial charge in [-0.25, -0.2) is 0 Å². The van der Waals surface area contributed by atoms with Crippen LogP contribution < -0.4 is 5.73 Å². The Bertz CT molecular complexity index is 146. The number of ether oxygens (including phenoxy) is 1. The largest absolute Gasteiger partial charge is 0.381 e. The SMILES string of the molecule is CCCN(C)C(CN)C1CCOCC1. The van der Waals surface area contributed by atoms with Crippen LogP contribution >= 0.6 is 0 Å². The van der Waals surface area contributed by atoms with Gasteiger partial charge in [0.05, 0.1) is 0 Å². The molecule has 0 spiro atoms. The van der Waals surface area contributed by atoms with Crippen molar-refractivity contribution in [1.29, 1.82) is 0 Å². The van der Waals surface area contributed by atoms with Gasteiger partial charge in [-0.15, -0.1) is 0 Å². The molecule has 2 N–H and O–H groups in total. The van der Waals surface area contributed by atoms with Crippen LogP contribution in [-0.4, -0.2) is 44.3 Å². The van der Waals surface area contributed by atoms with Gasteiger partial charge in [-0.2, -0.15) is 0 Å². The first kappa shape index (κ1) is 12.0. The van der Waals surface area contributed by atoms with Crippen molar-refractivity contribution >= 4 is 0 Å². The average molecular weight is 200 g/mol. The van der Waals surface area contributed by atoms with Crippen LogP contribution in [0.1, 0.15) is 26.2 Å². The molecule has 1 atom stereocenters. The van der Waals surface area contributed by atoms with Crippen LogP contribution in [0.25, 0.3) is 0 Å². The van der Waals surface area contributed by atoms with E-state index in [0.717, 1.165) is 32.2 Å². The molecule has 0 aliphatic carbocycles. The van der Waals surface area contributed by atoms with Gasteiger partial charge in [0.15, 0.2) is 0 Å². The van der Waals surface area contributed by atoms with Crippen molar-refractivity contribution in [3.05, 3.63) is 0 Å². The van der Waals surface area contributed by atoms with Crippen LogP contribution in [0.5, 0.6) is 0 Å². The van der Waals surface area contributed by atoms with Crippen LogP contribution in [0.3, 0.4) is 0 Å².